The highest BCUT2D eigenvalue weighted by Gasteiger charge is 2.28. The maximum atomic E-state index is 5.61. The van der Waals surface area contributed by atoms with Crippen molar-refractivity contribution in [3.05, 3.63) is 17.8 Å². The quantitative estimate of drug-likeness (QED) is 0.783. The highest BCUT2D eigenvalue weighted by Crippen LogP contribution is 2.26. The molecule has 0 spiro atoms. The molecule has 4 heteroatoms. The minimum absolute atomic E-state index is 0.263. The van der Waals surface area contributed by atoms with Gasteiger partial charge in [-0.05, 0) is 38.9 Å². The Labute approximate surface area is 90.5 Å². The van der Waals surface area contributed by atoms with Gasteiger partial charge in [-0.1, -0.05) is 6.92 Å². The van der Waals surface area contributed by atoms with Gasteiger partial charge in [0, 0.05) is 0 Å². The van der Waals surface area contributed by atoms with E-state index < -0.39 is 0 Å². The van der Waals surface area contributed by atoms with Crippen LogP contribution < -0.4 is 10.6 Å². The van der Waals surface area contributed by atoms with Crippen LogP contribution in [0.3, 0.4) is 0 Å². The molecule has 2 rings (SSSR count). The molecule has 1 aliphatic heterocycles. The van der Waals surface area contributed by atoms with Gasteiger partial charge in [0.1, 0.15) is 5.76 Å². The molecule has 1 aromatic rings. The predicted octanol–water partition coefficient (Wildman–Crippen LogP) is 1.24. The molecule has 84 valence electrons. The van der Waals surface area contributed by atoms with Gasteiger partial charge in [0.2, 0.25) is 5.89 Å². The lowest BCUT2D eigenvalue weighted by atomic mass is 9.99. The summed E-state index contributed by atoms with van der Waals surface area (Å²) in [5.74, 6) is 2.32. The average Bonchev–Trinajstić information content (AvgIpc) is 2.85. The van der Waals surface area contributed by atoms with E-state index in [4.69, 9.17) is 4.42 Å². The van der Waals surface area contributed by atoms with Crippen LogP contribution in [-0.4, -0.2) is 24.6 Å². The number of rotatable bonds is 4. The standard InChI is InChI=1S/C11H19N3O/c1-3-13-10(9-4-5-12-7-9)11-14-6-8(2)15-11/h6,9-10,12-13H,3-5,7H2,1-2H3. The summed E-state index contributed by atoms with van der Waals surface area (Å²) in [6.45, 7) is 7.16. The minimum Gasteiger partial charge on any atom is -0.444 e. The van der Waals surface area contributed by atoms with Gasteiger partial charge in [-0.25, -0.2) is 4.98 Å². The van der Waals surface area contributed by atoms with Crippen molar-refractivity contribution < 1.29 is 4.42 Å². The number of aryl methyl sites for hydroxylation is 1. The molecule has 2 N–H and O–H groups in total. The molecule has 1 aromatic heterocycles. The zero-order valence-corrected chi connectivity index (χ0v) is 9.42. The number of hydrogen-bond acceptors (Lipinski definition) is 4. The van der Waals surface area contributed by atoms with E-state index in [2.05, 4.69) is 22.5 Å². The lowest BCUT2D eigenvalue weighted by Crippen LogP contribution is -2.29. The highest BCUT2D eigenvalue weighted by molar-refractivity contribution is 5.00. The Morgan fingerprint density at radius 2 is 2.60 bits per heavy atom. The van der Waals surface area contributed by atoms with E-state index in [0.29, 0.717) is 5.92 Å². The topological polar surface area (TPSA) is 50.1 Å². The van der Waals surface area contributed by atoms with Crippen molar-refractivity contribution in [3.8, 4) is 0 Å². The first-order chi connectivity index (χ1) is 7.31. The molecule has 0 bridgehead atoms. The molecule has 0 amide bonds. The van der Waals surface area contributed by atoms with Crippen LogP contribution in [0.4, 0.5) is 0 Å². The summed E-state index contributed by atoms with van der Waals surface area (Å²) in [5, 5.41) is 6.84. The second-order valence-corrected chi connectivity index (χ2v) is 4.10. The molecule has 0 aliphatic carbocycles. The van der Waals surface area contributed by atoms with Gasteiger partial charge >= 0.3 is 0 Å². The van der Waals surface area contributed by atoms with Gasteiger partial charge in [0.05, 0.1) is 12.2 Å². The van der Waals surface area contributed by atoms with Crippen molar-refractivity contribution in [3.63, 3.8) is 0 Å². The second kappa shape index (κ2) is 4.77. The van der Waals surface area contributed by atoms with Crippen molar-refractivity contribution >= 4 is 0 Å². The van der Waals surface area contributed by atoms with E-state index in [9.17, 15) is 0 Å². The Bertz CT molecular complexity index is 305. The molecule has 1 fully saturated rings. The van der Waals surface area contributed by atoms with Gasteiger partial charge < -0.3 is 15.1 Å². The molecule has 15 heavy (non-hydrogen) atoms. The fourth-order valence-corrected chi connectivity index (χ4v) is 2.15. The molecular weight excluding hydrogens is 190 g/mol. The van der Waals surface area contributed by atoms with Crippen molar-refractivity contribution in [1.29, 1.82) is 0 Å². The molecule has 0 aromatic carbocycles. The predicted molar refractivity (Wildman–Crippen MR) is 58.6 cm³/mol. The largest absolute Gasteiger partial charge is 0.444 e. The van der Waals surface area contributed by atoms with E-state index >= 15 is 0 Å². The first-order valence-corrected chi connectivity index (χ1v) is 5.67. The number of aromatic nitrogens is 1. The molecule has 1 saturated heterocycles. The summed E-state index contributed by atoms with van der Waals surface area (Å²) < 4.78 is 5.61. The Hall–Kier alpha value is -0.870. The molecule has 0 saturated carbocycles. The first-order valence-electron chi connectivity index (χ1n) is 5.67. The second-order valence-electron chi connectivity index (χ2n) is 4.10. The third-order valence-corrected chi connectivity index (χ3v) is 2.90. The summed E-state index contributed by atoms with van der Waals surface area (Å²) in [7, 11) is 0. The SMILES string of the molecule is CCNC(c1ncc(C)o1)C1CCNC1. The van der Waals surface area contributed by atoms with Crippen LogP contribution in [0, 0.1) is 12.8 Å². The number of nitrogens with zero attached hydrogens (tertiary/aromatic N) is 1. The maximum Gasteiger partial charge on any atom is 0.211 e. The molecule has 2 atom stereocenters. The number of hydrogen-bond donors (Lipinski definition) is 2. The van der Waals surface area contributed by atoms with Gasteiger partial charge in [-0.2, -0.15) is 0 Å². The first kappa shape index (κ1) is 10.6. The summed E-state index contributed by atoms with van der Waals surface area (Å²) in [6.07, 6.45) is 2.99. The third-order valence-electron chi connectivity index (χ3n) is 2.90. The molecule has 2 heterocycles. The van der Waals surface area contributed by atoms with Crippen LogP contribution in [0.5, 0.6) is 0 Å². The zero-order valence-electron chi connectivity index (χ0n) is 9.42. The fourth-order valence-electron chi connectivity index (χ4n) is 2.15. The van der Waals surface area contributed by atoms with E-state index in [1.807, 2.05) is 6.92 Å². The maximum absolute atomic E-state index is 5.61. The molecule has 2 unspecified atom stereocenters. The Morgan fingerprint density at radius 3 is 3.13 bits per heavy atom. The summed E-state index contributed by atoms with van der Waals surface area (Å²) in [5.41, 5.74) is 0. The van der Waals surface area contributed by atoms with Crippen LogP contribution in [-0.2, 0) is 0 Å². The van der Waals surface area contributed by atoms with Gasteiger partial charge in [0.15, 0.2) is 0 Å². The normalized spacial score (nSPS) is 23.2. The van der Waals surface area contributed by atoms with E-state index in [0.717, 1.165) is 31.3 Å². The minimum atomic E-state index is 0.263. The Balaban J connectivity index is 2.11. The van der Waals surface area contributed by atoms with Gasteiger partial charge in [-0.3, -0.25) is 0 Å². The fraction of sp³-hybridized carbons (Fsp3) is 0.727. The molecule has 4 nitrogen and oxygen atoms in total. The van der Waals surface area contributed by atoms with Crippen molar-refractivity contribution in [1.82, 2.24) is 15.6 Å². The van der Waals surface area contributed by atoms with Crippen molar-refractivity contribution in [2.24, 2.45) is 5.92 Å². The highest BCUT2D eigenvalue weighted by atomic mass is 16.4. The lowest BCUT2D eigenvalue weighted by molar-refractivity contribution is 0.313. The van der Waals surface area contributed by atoms with Crippen LogP contribution in [0.25, 0.3) is 0 Å². The van der Waals surface area contributed by atoms with E-state index in [-0.39, 0.29) is 6.04 Å². The van der Waals surface area contributed by atoms with Gasteiger partial charge in [0.25, 0.3) is 0 Å². The smallest absolute Gasteiger partial charge is 0.211 e. The van der Waals surface area contributed by atoms with Crippen molar-refractivity contribution in [2.45, 2.75) is 26.3 Å². The molecule has 1 aliphatic rings. The van der Waals surface area contributed by atoms with Crippen LogP contribution in [0.1, 0.15) is 31.0 Å². The summed E-state index contributed by atoms with van der Waals surface area (Å²) in [6, 6.07) is 0.263. The Morgan fingerprint density at radius 1 is 1.73 bits per heavy atom. The third kappa shape index (κ3) is 2.38. The summed E-state index contributed by atoms with van der Waals surface area (Å²) >= 11 is 0. The van der Waals surface area contributed by atoms with Crippen LogP contribution in [0.15, 0.2) is 10.6 Å². The van der Waals surface area contributed by atoms with Gasteiger partial charge in [-0.15, -0.1) is 0 Å². The zero-order chi connectivity index (χ0) is 10.7. The lowest BCUT2D eigenvalue weighted by Gasteiger charge is -2.20. The summed E-state index contributed by atoms with van der Waals surface area (Å²) in [4.78, 5) is 4.32. The van der Waals surface area contributed by atoms with E-state index in [1.165, 1.54) is 6.42 Å². The monoisotopic (exact) mass is 209 g/mol. The number of nitrogens with one attached hydrogen (secondary N) is 2. The Kier molecular flexibility index (Phi) is 3.38. The molecule has 0 radical (unpaired) electrons. The van der Waals surface area contributed by atoms with Crippen LogP contribution >= 0.6 is 0 Å². The van der Waals surface area contributed by atoms with Crippen molar-refractivity contribution in [2.75, 3.05) is 19.6 Å². The van der Waals surface area contributed by atoms with E-state index in [1.54, 1.807) is 6.20 Å². The van der Waals surface area contributed by atoms with Crippen LogP contribution in [0.2, 0.25) is 0 Å². The average molecular weight is 209 g/mol. The molecular formula is C11H19N3O. The number of oxazole rings is 1.